The van der Waals surface area contributed by atoms with Gasteiger partial charge in [0.2, 0.25) is 11.8 Å². The van der Waals surface area contributed by atoms with E-state index in [9.17, 15) is 9.59 Å². The lowest BCUT2D eigenvalue weighted by Gasteiger charge is -2.47. The zero-order chi connectivity index (χ0) is 17.6. The largest absolute Gasteiger partial charge is 0.385 e. The summed E-state index contributed by atoms with van der Waals surface area (Å²) in [6.07, 6.45) is 7.11. The van der Waals surface area contributed by atoms with Crippen molar-refractivity contribution in [2.75, 3.05) is 33.4 Å². The number of pyridine rings is 1. The topological polar surface area (TPSA) is 62.7 Å². The van der Waals surface area contributed by atoms with Gasteiger partial charge in [0.25, 0.3) is 0 Å². The summed E-state index contributed by atoms with van der Waals surface area (Å²) in [7, 11) is 1.69. The minimum absolute atomic E-state index is 0.174. The zero-order valence-corrected chi connectivity index (χ0v) is 14.9. The lowest BCUT2D eigenvalue weighted by molar-refractivity contribution is -0.144. The van der Waals surface area contributed by atoms with Crippen molar-refractivity contribution in [3.05, 3.63) is 30.1 Å². The van der Waals surface area contributed by atoms with Crippen LogP contribution in [-0.4, -0.2) is 66.0 Å². The van der Waals surface area contributed by atoms with Crippen LogP contribution in [0.4, 0.5) is 0 Å². The van der Waals surface area contributed by atoms with Crippen LogP contribution in [-0.2, 0) is 20.7 Å². The summed E-state index contributed by atoms with van der Waals surface area (Å²) >= 11 is 0. The summed E-state index contributed by atoms with van der Waals surface area (Å²) in [5.74, 6) is 0.830. The Morgan fingerprint density at radius 3 is 2.88 bits per heavy atom. The van der Waals surface area contributed by atoms with Crippen LogP contribution >= 0.6 is 0 Å². The third-order valence-electron chi connectivity index (χ3n) is 5.35. The van der Waals surface area contributed by atoms with Gasteiger partial charge in [-0.05, 0) is 42.9 Å². The van der Waals surface area contributed by atoms with Crippen LogP contribution in [0, 0.1) is 5.92 Å². The van der Waals surface area contributed by atoms with Crippen molar-refractivity contribution in [2.45, 2.75) is 38.1 Å². The quantitative estimate of drug-likeness (QED) is 0.733. The maximum absolute atomic E-state index is 12.6. The predicted molar refractivity (Wildman–Crippen MR) is 93.9 cm³/mol. The molecule has 2 aliphatic heterocycles. The third-order valence-corrected chi connectivity index (χ3v) is 5.35. The highest BCUT2D eigenvalue weighted by Gasteiger charge is 2.39. The Labute approximate surface area is 149 Å². The SMILES string of the molecule is COCCCN1C(=O)CC[C@H]2CN(C(=O)Cc3ccncc3)CC[C@H]21. The molecule has 0 saturated carbocycles. The fourth-order valence-electron chi connectivity index (χ4n) is 4.03. The molecule has 1 aromatic rings. The molecule has 136 valence electrons. The molecule has 0 spiro atoms. The first-order valence-electron chi connectivity index (χ1n) is 9.14. The van der Waals surface area contributed by atoms with E-state index >= 15 is 0 Å². The third kappa shape index (κ3) is 4.37. The molecule has 0 unspecified atom stereocenters. The Kier molecular flexibility index (Phi) is 6.02. The number of hydrogen-bond acceptors (Lipinski definition) is 4. The van der Waals surface area contributed by atoms with Crippen molar-refractivity contribution in [2.24, 2.45) is 5.92 Å². The van der Waals surface area contributed by atoms with E-state index in [-0.39, 0.29) is 17.9 Å². The standard InChI is InChI=1S/C19H27N3O3/c1-25-12-2-10-22-17-7-11-21(14-16(17)3-4-18(22)23)19(24)13-15-5-8-20-9-6-15/h5-6,8-9,16-17H,2-4,7,10-14H2,1H3/t16-,17+/m0/s1. The molecule has 6 heteroatoms. The van der Waals surface area contributed by atoms with Gasteiger partial charge in [0.15, 0.2) is 0 Å². The van der Waals surface area contributed by atoms with Gasteiger partial charge in [-0.2, -0.15) is 0 Å². The Morgan fingerprint density at radius 1 is 1.32 bits per heavy atom. The number of aromatic nitrogens is 1. The van der Waals surface area contributed by atoms with Crippen LogP contribution < -0.4 is 0 Å². The van der Waals surface area contributed by atoms with Crippen molar-refractivity contribution in [1.29, 1.82) is 0 Å². The highest BCUT2D eigenvalue weighted by Crippen LogP contribution is 2.31. The van der Waals surface area contributed by atoms with Gasteiger partial charge in [-0.3, -0.25) is 14.6 Å². The van der Waals surface area contributed by atoms with Crippen LogP contribution in [0.1, 0.15) is 31.2 Å². The Balaban J connectivity index is 1.57. The Morgan fingerprint density at radius 2 is 2.12 bits per heavy atom. The van der Waals surface area contributed by atoms with Gasteiger partial charge in [-0.15, -0.1) is 0 Å². The average molecular weight is 345 g/mol. The van der Waals surface area contributed by atoms with Crippen molar-refractivity contribution in [1.82, 2.24) is 14.8 Å². The minimum Gasteiger partial charge on any atom is -0.385 e. The van der Waals surface area contributed by atoms with Crippen LogP contribution in [0.25, 0.3) is 0 Å². The Hall–Kier alpha value is -1.95. The van der Waals surface area contributed by atoms with Gasteiger partial charge in [0.05, 0.1) is 6.42 Å². The highest BCUT2D eigenvalue weighted by molar-refractivity contribution is 5.79. The summed E-state index contributed by atoms with van der Waals surface area (Å²) in [5, 5.41) is 0. The van der Waals surface area contributed by atoms with E-state index in [0.717, 1.165) is 44.5 Å². The van der Waals surface area contributed by atoms with Gasteiger partial charge in [0, 0.05) is 58.2 Å². The predicted octanol–water partition coefficient (Wildman–Crippen LogP) is 1.50. The van der Waals surface area contributed by atoms with E-state index in [0.29, 0.717) is 25.4 Å². The van der Waals surface area contributed by atoms with Crippen molar-refractivity contribution < 1.29 is 14.3 Å². The van der Waals surface area contributed by atoms with Crippen LogP contribution in [0.15, 0.2) is 24.5 Å². The molecule has 6 nitrogen and oxygen atoms in total. The maximum Gasteiger partial charge on any atom is 0.227 e. The van der Waals surface area contributed by atoms with E-state index < -0.39 is 0 Å². The number of carbonyl (C=O) groups excluding carboxylic acids is 2. The van der Waals surface area contributed by atoms with Crippen molar-refractivity contribution in [3.8, 4) is 0 Å². The van der Waals surface area contributed by atoms with Crippen LogP contribution in [0.2, 0.25) is 0 Å². The number of rotatable bonds is 6. The van der Waals surface area contributed by atoms with Gasteiger partial charge in [0.1, 0.15) is 0 Å². The van der Waals surface area contributed by atoms with Gasteiger partial charge in [-0.25, -0.2) is 0 Å². The zero-order valence-electron chi connectivity index (χ0n) is 14.9. The molecule has 1 aromatic heterocycles. The van der Waals surface area contributed by atoms with Crippen molar-refractivity contribution in [3.63, 3.8) is 0 Å². The maximum atomic E-state index is 12.6. The molecular formula is C19H27N3O3. The number of fused-ring (bicyclic) bond motifs is 1. The molecular weight excluding hydrogens is 318 g/mol. The summed E-state index contributed by atoms with van der Waals surface area (Å²) < 4.78 is 5.11. The second-order valence-electron chi connectivity index (χ2n) is 6.96. The molecule has 0 aromatic carbocycles. The van der Waals surface area contributed by atoms with Crippen molar-refractivity contribution >= 4 is 11.8 Å². The number of hydrogen-bond donors (Lipinski definition) is 0. The number of nitrogens with zero attached hydrogens (tertiary/aromatic N) is 3. The van der Waals surface area contributed by atoms with Gasteiger partial charge < -0.3 is 14.5 Å². The summed E-state index contributed by atoms with van der Waals surface area (Å²) in [6.45, 7) is 2.94. The lowest BCUT2D eigenvalue weighted by Crippen LogP contribution is -2.57. The molecule has 0 radical (unpaired) electrons. The summed E-state index contributed by atoms with van der Waals surface area (Å²) in [6, 6.07) is 4.06. The smallest absolute Gasteiger partial charge is 0.227 e. The first kappa shape index (κ1) is 17.9. The molecule has 2 amide bonds. The number of ether oxygens (including phenoxy) is 1. The minimum atomic E-state index is 0.174. The highest BCUT2D eigenvalue weighted by atomic mass is 16.5. The fourth-order valence-corrected chi connectivity index (χ4v) is 4.03. The summed E-state index contributed by atoms with van der Waals surface area (Å²) in [4.78, 5) is 32.9. The van der Waals surface area contributed by atoms with Gasteiger partial charge in [-0.1, -0.05) is 0 Å². The first-order valence-corrected chi connectivity index (χ1v) is 9.14. The molecule has 3 rings (SSSR count). The van der Waals surface area contributed by atoms with Crippen LogP contribution in [0.3, 0.4) is 0 Å². The van der Waals surface area contributed by atoms with E-state index in [4.69, 9.17) is 4.74 Å². The number of carbonyl (C=O) groups is 2. The van der Waals surface area contributed by atoms with E-state index in [1.807, 2.05) is 21.9 Å². The first-order chi connectivity index (χ1) is 12.2. The van der Waals surface area contributed by atoms with E-state index in [2.05, 4.69) is 4.98 Å². The Bertz CT molecular complexity index is 593. The number of piperidine rings is 2. The number of likely N-dealkylation sites (tertiary alicyclic amines) is 2. The van der Waals surface area contributed by atoms with Gasteiger partial charge >= 0.3 is 0 Å². The molecule has 0 N–H and O–H groups in total. The fraction of sp³-hybridized carbons (Fsp3) is 0.632. The monoisotopic (exact) mass is 345 g/mol. The second-order valence-corrected chi connectivity index (χ2v) is 6.96. The molecule has 0 bridgehead atoms. The van der Waals surface area contributed by atoms with Crippen LogP contribution in [0.5, 0.6) is 0 Å². The lowest BCUT2D eigenvalue weighted by atomic mass is 9.83. The number of methoxy groups -OCH3 is 1. The number of amides is 2. The van der Waals surface area contributed by atoms with E-state index in [1.165, 1.54) is 0 Å². The molecule has 25 heavy (non-hydrogen) atoms. The molecule has 2 fully saturated rings. The normalized spacial score (nSPS) is 23.5. The average Bonchev–Trinajstić information content (AvgIpc) is 2.64. The molecule has 2 aliphatic rings. The molecule has 3 heterocycles. The second kappa shape index (κ2) is 8.43. The molecule has 2 saturated heterocycles. The molecule has 2 atom stereocenters. The summed E-state index contributed by atoms with van der Waals surface area (Å²) in [5.41, 5.74) is 1.00. The molecule has 0 aliphatic carbocycles. The van der Waals surface area contributed by atoms with E-state index in [1.54, 1.807) is 19.5 Å².